The third-order valence-electron chi connectivity index (χ3n) is 7.72. The molecule has 41 heavy (non-hydrogen) atoms. The minimum absolute atomic E-state index is 0.0334. The monoisotopic (exact) mass is 583 g/mol. The number of anilines is 1. The average Bonchev–Trinajstić information content (AvgIpc) is 2.86. The molecule has 4 amide bonds. The van der Waals surface area contributed by atoms with Crippen LogP contribution in [0.25, 0.3) is 0 Å². The first-order valence-electron chi connectivity index (χ1n) is 14.7. The Bertz CT molecular complexity index is 1030. The smallest absolute Gasteiger partial charge is 0.352 e. The Morgan fingerprint density at radius 1 is 1.05 bits per heavy atom. The van der Waals surface area contributed by atoms with Gasteiger partial charge in [-0.3, -0.25) is 9.59 Å². The number of amides is 4. The molecule has 1 fully saturated rings. The fourth-order valence-electron chi connectivity index (χ4n) is 5.28. The van der Waals surface area contributed by atoms with Crippen molar-refractivity contribution in [3.8, 4) is 0 Å². The van der Waals surface area contributed by atoms with Gasteiger partial charge in [0.2, 0.25) is 5.91 Å². The lowest BCUT2D eigenvalue weighted by molar-refractivity contribution is -0.137. The molecule has 3 atom stereocenters. The van der Waals surface area contributed by atoms with Gasteiger partial charge in [0.15, 0.2) is 0 Å². The number of hydrogen-bond acceptors (Lipinski definition) is 4. The number of nitrogens with zero attached hydrogens (tertiary/aromatic N) is 1. The zero-order valence-electron chi connectivity index (χ0n) is 25.5. The molecule has 0 aromatic heterocycles. The maximum atomic E-state index is 13.4. The molecule has 232 valence electrons. The van der Waals surface area contributed by atoms with Crippen molar-refractivity contribution >= 4 is 23.5 Å². The van der Waals surface area contributed by atoms with Crippen LogP contribution in [0.15, 0.2) is 18.2 Å². The van der Waals surface area contributed by atoms with Crippen LogP contribution in [0, 0.1) is 11.8 Å². The van der Waals surface area contributed by atoms with E-state index in [0.29, 0.717) is 30.0 Å². The number of urea groups is 1. The summed E-state index contributed by atoms with van der Waals surface area (Å²) in [5, 5.41) is 10.5. The Morgan fingerprint density at radius 2 is 1.73 bits per heavy atom. The number of hydrogen-bond donors (Lipinski definition) is 4. The highest BCUT2D eigenvalue weighted by molar-refractivity contribution is 6.04. The van der Waals surface area contributed by atoms with Crippen molar-refractivity contribution in [2.24, 2.45) is 11.8 Å². The van der Waals surface area contributed by atoms with Crippen molar-refractivity contribution in [2.45, 2.75) is 110 Å². The van der Waals surface area contributed by atoms with Crippen LogP contribution in [-0.4, -0.2) is 60.5 Å². The third-order valence-corrected chi connectivity index (χ3v) is 7.72. The number of halogens is 3. The van der Waals surface area contributed by atoms with Crippen LogP contribution in [0.2, 0.25) is 0 Å². The van der Waals surface area contributed by atoms with Crippen LogP contribution in [0.5, 0.6) is 0 Å². The van der Waals surface area contributed by atoms with E-state index in [1.807, 2.05) is 0 Å². The Labute approximate surface area is 242 Å². The minimum Gasteiger partial charge on any atom is -0.352 e. The Balaban J connectivity index is 2.10. The summed E-state index contributed by atoms with van der Waals surface area (Å²) in [7, 11) is 2.14. The number of carbonyl (C=O) groups excluding carboxylic acids is 3. The number of carbonyl (C=O) groups is 3. The molecule has 0 heterocycles. The number of nitrogens with one attached hydrogen (secondary N) is 4. The maximum absolute atomic E-state index is 13.4. The molecule has 0 aliphatic heterocycles. The molecule has 1 aliphatic carbocycles. The Kier molecular flexibility index (Phi) is 12.9. The van der Waals surface area contributed by atoms with Crippen LogP contribution < -0.4 is 21.3 Å². The summed E-state index contributed by atoms with van der Waals surface area (Å²) >= 11 is 0. The predicted octanol–water partition coefficient (Wildman–Crippen LogP) is 5.79. The normalized spacial score (nSPS) is 19.5. The SMILES string of the molecule is CC(C)CCC[C@H]1C[C@H](N(C)C(C)C)CC[C@@H]1NC(=O)CNC(=O)c1cc(C(F)(F)F)ccc1NC(=O)NC(C)C. The topological polar surface area (TPSA) is 103 Å². The van der Waals surface area contributed by atoms with Crippen LogP contribution in [0.1, 0.15) is 96.0 Å². The summed E-state index contributed by atoms with van der Waals surface area (Å²) in [5.74, 6) is -0.386. The molecule has 0 saturated heterocycles. The second-order valence-corrected chi connectivity index (χ2v) is 12.2. The van der Waals surface area contributed by atoms with E-state index in [1.165, 1.54) is 0 Å². The van der Waals surface area contributed by atoms with Gasteiger partial charge < -0.3 is 26.2 Å². The molecule has 4 N–H and O–H groups in total. The number of benzene rings is 1. The first-order chi connectivity index (χ1) is 19.1. The molecule has 0 radical (unpaired) electrons. The van der Waals surface area contributed by atoms with Crippen LogP contribution in [-0.2, 0) is 11.0 Å². The van der Waals surface area contributed by atoms with Gasteiger partial charge in [-0.25, -0.2) is 4.79 Å². The van der Waals surface area contributed by atoms with Gasteiger partial charge in [0, 0.05) is 24.2 Å². The molecule has 0 spiro atoms. The van der Waals surface area contributed by atoms with Crippen molar-refractivity contribution < 1.29 is 27.6 Å². The van der Waals surface area contributed by atoms with Gasteiger partial charge in [-0.15, -0.1) is 0 Å². The summed E-state index contributed by atoms with van der Waals surface area (Å²) in [4.78, 5) is 40.4. The van der Waals surface area contributed by atoms with Gasteiger partial charge in [-0.05, 0) is 90.5 Å². The summed E-state index contributed by atoms with van der Waals surface area (Å²) < 4.78 is 40.1. The first kappa shape index (κ1) is 34.4. The average molecular weight is 584 g/mol. The largest absolute Gasteiger partial charge is 0.416 e. The zero-order chi connectivity index (χ0) is 30.9. The quantitative estimate of drug-likeness (QED) is 0.250. The Morgan fingerprint density at radius 3 is 2.32 bits per heavy atom. The standard InChI is InChI=1S/C30H48F3N5O3/c1-18(2)9-8-10-21-15-23(38(7)20(5)6)12-14-25(21)36-27(39)17-34-28(40)24-16-22(30(31,32)33)11-13-26(24)37-29(41)35-19(3)4/h11,13,16,18-21,23,25H,8-10,12,14-15,17H2,1-7H3,(H,34,40)(H,36,39)(H2,35,37,41)/t21-,23+,25-/m0/s1. The van der Waals surface area contributed by atoms with E-state index in [9.17, 15) is 27.6 Å². The van der Waals surface area contributed by atoms with E-state index >= 15 is 0 Å². The van der Waals surface area contributed by atoms with Crippen molar-refractivity contribution in [1.29, 1.82) is 0 Å². The highest BCUT2D eigenvalue weighted by Gasteiger charge is 2.34. The summed E-state index contributed by atoms with van der Waals surface area (Å²) in [6.45, 7) is 11.8. The van der Waals surface area contributed by atoms with Gasteiger partial charge in [-0.1, -0.05) is 26.7 Å². The predicted molar refractivity (Wildman–Crippen MR) is 156 cm³/mol. The van der Waals surface area contributed by atoms with E-state index in [2.05, 4.69) is 60.9 Å². The van der Waals surface area contributed by atoms with Gasteiger partial charge in [0.25, 0.3) is 5.91 Å². The molecule has 11 heteroatoms. The number of rotatable bonds is 12. The first-order valence-corrected chi connectivity index (χ1v) is 14.7. The maximum Gasteiger partial charge on any atom is 0.416 e. The summed E-state index contributed by atoms with van der Waals surface area (Å²) in [6.07, 6.45) is 1.24. The molecule has 1 aliphatic rings. The van der Waals surface area contributed by atoms with Crippen LogP contribution >= 0.6 is 0 Å². The van der Waals surface area contributed by atoms with E-state index in [-0.39, 0.29) is 23.3 Å². The highest BCUT2D eigenvalue weighted by atomic mass is 19.4. The van der Waals surface area contributed by atoms with Crippen molar-refractivity contribution in [3.05, 3.63) is 29.3 Å². The van der Waals surface area contributed by atoms with E-state index in [4.69, 9.17) is 0 Å². The fourth-order valence-corrected chi connectivity index (χ4v) is 5.28. The second kappa shape index (κ2) is 15.4. The zero-order valence-corrected chi connectivity index (χ0v) is 25.5. The molecule has 1 aromatic rings. The third kappa shape index (κ3) is 11.2. The van der Waals surface area contributed by atoms with Gasteiger partial charge in [-0.2, -0.15) is 13.2 Å². The number of alkyl halides is 3. The lowest BCUT2D eigenvalue weighted by atomic mass is 9.77. The molecule has 0 bridgehead atoms. The molecule has 0 unspecified atom stereocenters. The summed E-state index contributed by atoms with van der Waals surface area (Å²) in [6, 6.07) is 2.45. The van der Waals surface area contributed by atoms with Gasteiger partial charge >= 0.3 is 12.2 Å². The highest BCUT2D eigenvalue weighted by Crippen LogP contribution is 2.33. The molecule has 8 nitrogen and oxygen atoms in total. The Hall–Kier alpha value is -2.82. The van der Waals surface area contributed by atoms with Crippen LogP contribution in [0.4, 0.5) is 23.7 Å². The molecule has 1 aromatic carbocycles. The van der Waals surface area contributed by atoms with Gasteiger partial charge in [0.1, 0.15) is 0 Å². The van der Waals surface area contributed by atoms with Crippen molar-refractivity contribution in [3.63, 3.8) is 0 Å². The minimum atomic E-state index is -4.68. The second-order valence-electron chi connectivity index (χ2n) is 12.2. The summed E-state index contributed by atoms with van der Waals surface area (Å²) in [5.41, 5.74) is -1.50. The van der Waals surface area contributed by atoms with E-state index in [1.54, 1.807) is 13.8 Å². The fraction of sp³-hybridized carbons (Fsp3) is 0.700. The lowest BCUT2D eigenvalue weighted by Gasteiger charge is -2.42. The molecule has 2 rings (SSSR count). The van der Waals surface area contributed by atoms with E-state index in [0.717, 1.165) is 50.7 Å². The molecular weight excluding hydrogens is 535 g/mol. The molecular formula is C30H48F3N5O3. The van der Waals surface area contributed by atoms with Crippen LogP contribution in [0.3, 0.4) is 0 Å². The van der Waals surface area contributed by atoms with Gasteiger partial charge in [0.05, 0.1) is 23.4 Å². The van der Waals surface area contributed by atoms with Crippen molar-refractivity contribution in [1.82, 2.24) is 20.9 Å². The molecule has 1 saturated carbocycles. The van der Waals surface area contributed by atoms with E-state index < -0.39 is 36.1 Å². The van der Waals surface area contributed by atoms with Crippen molar-refractivity contribution in [2.75, 3.05) is 18.9 Å². The lowest BCUT2D eigenvalue weighted by Crippen LogP contribution is -2.51.